The number of fused-ring (bicyclic) bond motifs is 1. The maximum Gasteiger partial charge on any atom is 0.312 e. The van der Waals surface area contributed by atoms with Gasteiger partial charge in [0.2, 0.25) is 0 Å². The van der Waals surface area contributed by atoms with Gasteiger partial charge in [-0.2, -0.15) is 0 Å². The van der Waals surface area contributed by atoms with Gasteiger partial charge in [-0.3, -0.25) is 9.78 Å². The van der Waals surface area contributed by atoms with Crippen LogP contribution in [0.4, 0.5) is 0 Å². The topological polar surface area (TPSA) is 50.2 Å². The Labute approximate surface area is 120 Å². The third kappa shape index (κ3) is 3.13. The number of halogens is 1. The molecule has 1 aromatic heterocycles. The molecule has 0 aliphatic rings. The van der Waals surface area contributed by atoms with Gasteiger partial charge >= 0.3 is 5.97 Å². The number of carboxylic acid groups (broad SMARTS) is 1. The Kier molecular flexibility index (Phi) is 4.53. The number of aliphatic carboxylic acids is 1. The van der Waals surface area contributed by atoms with Crippen molar-refractivity contribution in [3.05, 3.63) is 40.5 Å². The standard InChI is InChI=1S/C15H16BrNO2/c1-2-3-7-11(15(18)19)14-12(16)9-10-6-4-5-8-13(10)17-14/h4-6,8-9,11H,2-3,7H2,1H3,(H,18,19). The Balaban J connectivity index is 2.46. The molecule has 0 radical (unpaired) electrons. The SMILES string of the molecule is CCCCC(C(=O)O)c1nc2ccccc2cc1Br. The predicted octanol–water partition coefficient (Wildman–Crippen LogP) is 4.36. The van der Waals surface area contributed by atoms with Crippen LogP contribution in [0.1, 0.15) is 37.8 Å². The number of rotatable bonds is 5. The number of carboxylic acids is 1. The predicted molar refractivity (Wildman–Crippen MR) is 79.3 cm³/mol. The fourth-order valence-corrected chi connectivity index (χ4v) is 2.75. The van der Waals surface area contributed by atoms with Crippen LogP contribution in [0.15, 0.2) is 34.8 Å². The van der Waals surface area contributed by atoms with Crippen LogP contribution in [-0.2, 0) is 4.79 Å². The van der Waals surface area contributed by atoms with Gasteiger partial charge in [0.05, 0.1) is 17.1 Å². The Morgan fingerprint density at radius 2 is 2.16 bits per heavy atom. The molecule has 2 rings (SSSR count). The smallest absolute Gasteiger partial charge is 0.312 e. The zero-order chi connectivity index (χ0) is 13.8. The largest absolute Gasteiger partial charge is 0.481 e. The van der Waals surface area contributed by atoms with Crippen molar-refractivity contribution < 1.29 is 9.90 Å². The van der Waals surface area contributed by atoms with Gasteiger partial charge in [-0.1, -0.05) is 38.0 Å². The van der Waals surface area contributed by atoms with E-state index >= 15 is 0 Å². The summed E-state index contributed by atoms with van der Waals surface area (Å²) in [7, 11) is 0. The number of hydrogen-bond donors (Lipinski definition) is 1. The van der Waals surface area contributed by atoms with E-state index in [2.05, 4.69) is 27.8 Å². The Hall–Kier alpha value is -1.42. The summed E-state index contributed by atoms with van der Waals surface area (Å²) >= 11 is 3.45. The van der Waals surface area contributed by atoms with Crippen molar-refractivity contribution in [2.75, 3.05) is 0 Å². The van der Waals surface area contributed by atoms with E-state index in [9.17, 15) is 9.90 Å². The van der Waals surface area contributed by atoms with Crippen LogP contribution < -0.4 is 0 Å². The van der Waals surface area contributed by atoms with E-state index in [1.165, 1.54) is 0 Å². The molecule has 0 aliphatic carbocycles. The van der Waals surface area contributed by atoms with Crippen LogP contribution >= 0.6 is 15.9 Å². The normalized spacial score (nSPS) is 12.5. The van der Waals surface area contributed by atoms with E-state index in [-0.39, 0.29) is 0 Å². The van der Waals surface area contributed by atoms with Gasteiger partial charge in [0.25, 0.3) is 0 Å². The summed E-state index contributed by atoms with van der Waals surface area (Å²) in [6, 6.07) is 9.68. The highest BCUT2D eigenvalue weighted by molar-refractivity contribution is 9.10. The van der Waals surface area contributed by atoms with Gasteiger partial charge in [-0.15, -0.1) is 0 Å². The minimum Gasteiger partial charge on any atom is -0.481 e. The molecule has 1 unspecified atom stereocenters. The van der Waals surface area contributed by atoms with E-state index in [4.69, 9.17) is 0 Å². The van der Waals surface area contributed by atoms with E-state index in [0.29, 0.717) is 12.1 Å². The lowest BCUT2D eigenvalue weighted by Crippen LogP contribution is -2.14. The molecule has 0 aliphatic heterocycles. The maximum atomic E-state index is 11.4. The van der Waals surface area contributed by atoms with E-state index in [1.807, 2.05) is 30.3 Å². The molecule has 1 N–H and O–H groups in total. The number of para-hydroxylation sites is 1. The molecule has 4 heteroatoms. The molecule has 1 aromatic carbocycles. The van der Waals surface area contributed by atoms with Crippen LogP contribution in [0.5, 0.6) is 0 Å². The molecule has 0 saturated heterocycles. The zero-order valence-corrected chi connectivity index (χ0v) is 12.4. The van der Waals surface area contributed by atoms with Gasteiger partial charge in [-0.25, -0.2) is 0 Å². The maximum absolute atomic E-state index is 11.4. The fourth-order valence-electron chi connectivity index (χ4n) is 2.13. The number of unbranched alkanes of at least 4 members (excludes halogenated alkanes) is 1. The molecule has 100 valence electrons. The second-order valence-electron chi connectivity index (χ2n) is 4.58. The van der Waals surface area contributed by atoms with Crippen molar-refractivity contribution in [1.82, 2.24) is 4.98 Å². The monoisotopic (exact) mass is 321 g/mol. The quantitative estimate of drug-likeness (QED) is 0.890. The van der Waals surface area contributed by atoms with Crippen LogP contribution in [0.25, 0.3) is 10.9 Å². The highest BCUT2D eigenvalue weighted by atomic mass is 79.9. The summed E-state index contributed by atoms with van der Waals surface area (Å²) in [5.74, 6) is -1.35. The summed E-state index contributed by atoms with van der Waals surface area (Å²) in [6.45, 7) is 2.06. The second-order valence-corrected chi connectivity index (χ2v) is 5.44. The lowest BCUT2D eigenvalue weighted by molar-refractivity contribution is -0.139. The number of hydrogen-bond acceptors (Lipinski definition) is 2. The summed E-state index contributed by atoms with van der Waals surface area (Å²) in [6.07, 6.45) is 2.49. The van der Waals surface area contributed by atoms with E-state index in [1.54, 1.807) is 0 Å². The van der Waals surface area contributed by atoms with Crippen molar-refractivity contribution in [3.8, 4) is 0 Å². The van der Waals surface area contributed by atoms with Gasteiger partial charge < -0.3 is 5.11 Å². The average Bonchev–Trinajstić information content (AvgIpc) is 2.39. The molecule has 1 heterocycles. The van der Waals surface area contributed by atoms with Crippen molar-refractivity contribution in [1.29, 1.82) is 0 Å². The van der Waals surface area contributed by atoms with Crippen molar-refractivity contribution in [2.24, 2.45) is 0 Å². The highest BCUT2D eigenvalue weighted by Gasteiger charge is 2.23. The molecule has 2 aromatic rings. The van der Waals surface area contributed by atoms with Crippen molar-refractivity contribution in [2.45, 2.75) is 32.1 Å². The molecule has 0 saturated carbocycles. The fraction of sp³-hybridized carbons (Fsp3) is 0.333. The Bertz CT molecular complexity index is 598. The molecule has 0 fully saturated rings. The first-order valence-corrected chi connectivity index (χ1v) is 7.20. The first kappa shape index (κ1) is 14.0. The number of carbonyl (C=O) groups is 1. The van der Waals surface area contributed by atoms with E-state index < -0.39 is 11.9 Å². The summed E-state index contributed by atoms with van der Waals surface area (Å²) < 4.78 is 0.773. The molecular formula is C15H16BrNO2. The Morgan fingerprint density at radius 1 is 1.42 bits per heavy atom. The third-order valence-electron chi connectivity index (χ3n) is 3.18. The van der Waals surface area contributed by atoms with Gasteiger partial charge in [0.15, 0.2) is 0 Å². The van der Waals surface area contributed by atoms with Crippen LogP contribution in [0.3, 0.4) is 0 Å². The highest BCUT2D eigenvalue weighted by Crippen LogP contribution is 2.30. The minimum absolute atomic E-state index is 0.543. The minimum atomic E-state index is -0.808. The second kappa shape index (κ2) is 6.15. The summed E-state index contributed by atoms with van der Waals surface area (Å²) in [5.41, 5.74) is 1.46. The molecule has 0 spiro atoms. The van der Waals surface area contributed by atoms with Crippen molar-refractivity contribution in [3.63, 3.8) is 0 Å². The van der Waals surface area contributed by atoms with Crippen LogP contribution in [-0.4, -0.2) is 16.1 Å². The first-order chi connectivity index (χ1) is 9.13. The van der Waals surface area contributed by atoms with Gasteiger partial charge in [0.1, 0.15) is 0 Å². The zero-order valence-electron chi connectivity index (χ0n) is 10.8. The lowest BCUT2D eigenvalue weighted by Gasteiger charge is -2.14. The molecule has 3 nitrogen and oxygen atoms in total. The number of nitrogens with zero attached hydrogens (tertiary/aromatic N) is 1. The molecule has 0 amide bonds. The lowest BCUT2D eigenvalue weighted by atomic mass is 9.97. The number of aromatic nitrogens is 1. The first-order valence-electron chi connectivity index (χ1n) is 6.41. The molecule has 1 atom stereocenters. The summed E-state index contributed by atoms with van der Waals surface area (Å²) in [5, 5.41) is 10.4. The number of benzene rings is 1. The molecular weight excluding hydrogens is 306 g/mol. The molecule has 19 heavy (non-hydrogen) atoms. The summed E-state index contributed by atoms with van der Waals surface area (Å²) in [4.78, 5) is 16.0. The van der Waals surface area contributed by atoms with Crippen LogP contribution in [0, 0.1) is 0 Å². The third-order valence-corrected chi connectivity index (χ3v) is 3.81. The average molecular weight is 322 g/mol. The Morgan fingerprint density at radius 3 is 2.84 bits per heavy atom. The van der Waals surface area contributed by atoms with Crippen molar-refractivity contribution >= 4 is 32.8 Å². The van der Waals surface area contributed by atoms with Gasteiger partial charge in [0, 0.05) is 9.86 Å². The van der Waals surface area contributed by atoms with E-state index in [0.717, 1.165) is 28.2 Å². The van der Waals surface area contributed by atoms with Gasteiger partial charge in [-0.05, 0) is 34.5 Å². The van der Waals surface area contributed by atoms with Crippen LogP contribution in [0.2, 0.25) is 0 Å². The number of pyridine rings is 1. The molecule has 0 bridgehead atoms.